The minimum absolute atomic E-state index is 0.0290. The Morgan fingerprint density at radius 1 is 1.38 bits per heavy atom. The highest BCUT2D eigenvalue weighted by molar-refractivity contribution is 7.89. The maximum Gasteiger partial charge on any atom is 0.246 e. The van der Waals surface area contributed by atoms with E-state index >= 15 is 0 Å². The Kier molecular flexibility index (Phi) is 4.55. The van der Waals surface area contributed by atoms with Crippen LogP contribution < -0.4 is 11.5 Å². The van der Waals surface area contributed by atoms with Crippen molar-refractivity contribution in [1.29, 1.82) is 0 Å². The molecule has 1 atom stereocenters. The predicted molar refractivity (Wildman–Crippen MR) is 80.8 cm³/mol. The second-order valence-corrected chi connectivity index (χ2v) is 7.04. The standard InChI is InChI=1S/C12H16N4O3S2/c13-11(17)8-4-1-2-7-16(8)21(18,19)9-5-3-6-15-10(9)12(14)20/h3,5-6,8H,1-2,4,7H2,(H2,13,17)(H2,14,20). The van der Waals surface area contributed by atoms with Crippen LogP contribution in [0.25, 0.3) is 0 Å². The second-order valence-electron chi connectivity index (χ2n) is 4.74. The predicted octanol–water partition coefficient (Wildman–Crippen LogP) is -0.256. The first-order valence-corrected chi connectivity index (χ1v) is 8.26. The molecule has 0 aromatic carbocycles. The molecule has 1 unspecified atom stereocenters. The molecule has 0 saturated carbocycles. The fraction of sp³-hybridized carbons (Fsp3) is 0.417. The van der Waals surface area contributed by atoms with Crippen LogP contribution >= 0.6 is 12.2 Å². The van der Waals surface area contributed by atoms with Crippen molar-refractivity contribution in [2.45, 2.75) is 30.2 Å². The van der Waals surface area contributed by atoms with Gasteiger partial charge in [-0.3, -0.25) is 9.78 Å². The monoisotopic (exact) mass is 328 g/mol. The smallest absolute Gasteiger partial charge is 0.246 e. The number of piperidine rings is 1. The first kappa shape index (κ1) is 15.8. The molecular weight excluding hydrogens is 312 g/mol. The molecule has 1 aliphatic rings. The first-order chi connectivity index (χ1) is 9.85. The van der Waals surface area contributed by atoms with Gasteiger partial charge in [0.15, 0.2) is 0 Å². The number of aromatic nitrogens is 1. The average Bonchev–Trinajstić information content (AvgIpc) is 2.47. The maximum atomic E-state index is 12.8. The van der Waals surface area contributed by atoms with Crippen LogP contribution in [0, 0.1) is 0 Å². The van der Waals surface area contributed by atoms with Crippen LogP contribution in [0.15, 0.2) is 23.2 Å². The summed E-state index contributed by atoms with van der Waals surface area (Å²) in [5.41, 5.74) is 10.9. The van der Waals surface area contributed by atoms with E-state index in [1.165, 1.54) is 18.3 Å². The molecule has 21 heavy (non-hydrogen) atoms. The van der Waals surface area contributed by atoms with Gasteiger partial charge in [-0.2, -0.15) is 4.31 Å². The summed E-state index contributed by atoms with van der Waals surface area (Å²) >= 11 is 4.84. The van der Waals surface area contributed by atoms with Crippen LogP contribution in [0.3, 0.4) is 0 Å². The number of carbonyl (C=O) groups excluding carboxylic acids is 1. The van der Waals surface area contributed by atoms with E-state index in [4.69, 9.17) is 23.7 Å². The molecule has 1 amide bonds. The normalized spacial score (nSPS) is 20.1. The molecular formula is C12H16N4O3S2. The molecule has 0 aliphatic carbocycles. The van der Waals surface area contributed by atoms with E-state index in [2.05, 4.69) is 4.98 Å². The molecule has 0 spiro atoms. The number of nitrogens with two attached hydrogens (primary N) is 2. The van der Waals surface area contributed by atoms with Crippen LogP contribution in [-0.2, 0) is 14.8 Å². The molecule has 1 aliphatic heterocycles. The highest BCUT2D eigenvalue weighted by Gasteiger charge is 2.38. The number of primary amides is 1. The summed E-state index contributed by atoms with van der Waals surface area (Å²) in [6, 6.07) is 2.02. The van der Waals surface area contributed by atoms with Gasteiger partial charge >= 0.3 is 0 Å². The number of carbonyl (C=O) groups is 1. The van der Waals surface area contributed by atoms with Gasteiger partial charge < -0.3 is 11.5 Å². The number of pyridine rings is 1. The summed E-state index contributed by atoms with van der Waals surface area (Å²) < 4.78 is 26.7. The number of sulfonamides is 1. The van der Waals surface area contributed by atoms with Gasteiger partial charge in [-0.05, 0) is 25.0 Å². The summed E-state index contributed by atoms with van der Waals surface area (Å²) in [6.07, 6.45) is 3.26. The number of hydrogen-bond donors (Lipinski definition) is 2. The van der Waals surface area contributed by atoms with Crippen molar-refractivity contribution < 1.29 is 13.2 Å². The zero-order valence-electron chi connectivity index (χ0n) is 11.2. The Morgan fingerprint density at radius 2 is 2.10 bits per heavy atom. The van der Waals surface area contributed by atoms with E-state index in [1.54, 1.807) is 0 Å². The van der Waals surface area contributed by atoms with E-state index in [0.717, 1.165) is 10.7 Å². The van der Waals surface area contributed by atoms with Gasteiger partial charge in [0, 0.05) is 12.7 Å². The Hall–Kier alpha value is -1.58. The SMILES string of the molecule is NC(=O)C1CCCCN1S(=O)(=O)c1cccnc1C(N)=S. The van der Waals surface area contributed by atoms with Crippen molar-refractivity contribution in [3.63, 3.8) is 0 Å². The lowest BCUT2D eigenvalue weighted by molar-refractivity contribution is -0.122. The number of nitrogens with zero attached hydrogens (tertiary/aromatic N) is 2. The summed E-state index contributed by atoms with van der Waals surface area (Å²) in [5.74, 6) is -0.654. The fourth-order valence-corrected chi connectivity index (χ4v) is 4.44. The van der Waals surface area contributed by atoms with Crippen molar-refractivity contribution >= 4 is 33.1 Å². The van der Waals surface area contributed by atoms with Crippen LogP contribution in [0.4, 0.5) is 0 Å². The lowest BCUT2D eigenvalue weighted by Crippen LogP contribution is -2.50. The van der Waals surface area contributed by atoms with Crippen LogP contribution in [0.1, 0.15) is 25.0 Å². The minimum Gasteiger partial charge on any atom is -0.388 e. The summed E-state index contributed by atoms with van der Waals surface area (Å²) in [4.78, 5) is 15.2. The van der Waals surface area contributed by atoms with Crippen LogP contribution in [-0.4, -0.2) is 41.2 Å². The summed E-state index contributed by atoms with van der Waals surface area (Å²) in [7, 11) is -3.93. The van der Waals surface area contributed by atoms with E-state index < -0.39 is 22.0 Å². The molecule has 0 radical (unpaired) electrons. The maximum absolute atomic E-state index is 12.8. The molecule has 1 saturated heterocycles. The Bertz CT molecular complexity index is 675. The highest BCUT2D eigenvalue weighted by atomic mass is 32.2. The topological polar surface area (TPSA) is 119 Å². The zero-order valence-corrected chi connectivity index (χ0v) is 12.9. The molecule has 1 aromatic heterocycles. The molecule has 114 valence electrons. The molecule has 4 N–H and O–H groups in total. The van der Waals surface area contributed by atoms with Gasteiger partial charge in [0.2, 0.25) is 15.9 Å². The van der Waals surface area contributed by atoms with Crippen molar-refractivity contribution in [3.8, 4) is 0 Å². The van der Waals surface area contributed by atoms with Gasteiger partial charge in [0.1, 0.15) is 21.6 Å². The van der Waals surface area contributed by atoms with E-state index in [-0.39, 0.29) is 22.1 Å². The lowest BCUT2D eigenvalue weighted by atomic mass is 10.0. The van der Waals surface area contributed by atoms with Gasteiger partial charge in [-0.25, -0.2) is 8.42 Å². The Labute approximate surface area is 128 Å². The van der Waals surface area contributed by atoms with Crippen molar-refractivity contribution in [2.24, 2.45) is 11.5 Å². The van der Waals surface area contributed by atoms with Crippen LogP contribution in [0.2, 0.25) is 0 Å². The number of hydrogen-bond acceptors (Lipinski definition) is 5. The lowest BCUT2D eigenvalue weighted by Gasteiger charge is -2.32. The highest BCUT2D eigenvalue weighted by Crippen LogP contribution is 2.26. The minimum atomic E-state index is -3.93. The molecule has 1 fully saturated rings. The van der Waals surface area contributed by atoms with Crippen LogP contribution in [0.5, 0.6) is 0 Å². The molecule has 7 nitrogen and oxygen atoms in total. The first-order valence-electron chi connectivity index (χ1n) is 6.41. The van der Waals surface area contributed by atoms with Gasteiger partial charge in [0.05, 0.1) is 0 Å². The quantitative estimate of drug-likeness (QED) is 0.735. The van der Waals surface area contributed by atoms with E-state index in [1.807, 2.05) is 0 Å². The van der Waals surface area contributed by atoms with Crippen molar-refractivity contribution in [2.75, 3.05) is 6.54 Å². The van der Waals surface area contributed by atoms with Gasteiger partial charge in [0.25, 0.3) is 0 Å². The third-order valence-corrected chi connectivity index (χ3v) is 5.51. The van der Waals surface area contributed by atoms with Gasteiger partial charge in [-0.1, -0.05) is 18.6 Å². The van der Waals surface area contributed by atoms with E-state index in [0.29, 0.717) is 12.8 Å². The van der Waals surface area contributed by atoms with Gasteiger partial charge in [-0.15, -0.1) is 0 Å². The van der Waals surface area contributed by atoms with Crippen molar-refractivity contribution in [1.82, 2.24) is 9.29 Å². The Balaban J connectivity index is 2.51. The molecule has 2 rings (SSSR count). The Morgan fingerprint density at radius 3 is 2.71 bits per heavy atom. The third kappa shape index (κ3) is 3.04. The number of thiocarbonyl (C=S) groups is 1. The molecule has 2 heterocycles. The molecule has 9 heteroatoms. The third-order valence-electron chi connectivity index (χ3n) is 3.37. The fourth-order valence-electron chi connectivity index (χ4n) is 2.39. The number of amides is 1. The summed E-state index contributed by atoms with van der Waals surface area (Å²) in [6.45, 7) is 0.238. The van der Waals surface area contributed by atoms with Crippen molar-refractivity contribution in [3.05, 3.63) is 24.0 Å². The average molecular weight is 328 g/mol. The second kappa shape index (κ2) is 6.04. The zero-order chi connectivity index (χ0) is 15.6. The summed E-state index contributed by atoms with van der Waals surface area (Å²) in [5, 5.41) is 0. The number of rotatable bonds is 4. The molecule has 1 aromatic rings. The van der Waals surface area contributed by atoms with E-state index in [9.17, 15) is 13.2 Å². The largest absolute Gasteiger partial charge is 0.388 e. The molecule has 0 bridgehead atoms.